The molecule has 94 valence electrons. The van der Waals surface area contributed by atoms with Gasteiger partial charge in [-0.05, 0) is 53.9 Å². The van der Waals surface area contributed by atoms with E-state index in [0.717, 1.165) is 36.3 Å². The Hall–Kier alpha value is -0.610. The summed E-state index contributed by atoms with van der Waals surface area (Å²) in [5, 5.41) is 3.43. The van der Waals surface area contributed by atoms with Crippen LogP contribution < -0.4 is 10.2 Å². The van der Waals surface area contributed by atoms with Gasteiger partial charge in [0, 0.05) is 29.8 Å². The summed E-state index contributed by atoms with van der Waals surface area (Å²) in [6, 6.07) is 2.75. The highest BCUT2D eigenvalue weighted by Gasteiger charge is 2.23. The molecule has 1 N–H and O–H groups in total. The monoisotopic (exact) mass is 297 g/mol. The average molecular weight is 298 g/mol. The Morgan fingerprint density at radius 2 is 2.41 bits per heavy atom. The van der Waals surface area contributed by atoms with Crippen LogP contribution in [0.4, 0.5) is 5.82 Å². The van der Waals surface area contributed by atoms with Crippen LogP contribution in [-0.4, -0.2) is 30.7 Å². The summed E-state index contributed by atoms with van der Waals surface area (Å²) in [7, 11) is 0. The SMILES string of the molecule is CCCN(c1ncc(Br)cc1C)C1CCNC1. The maximum Gasteiger partial charge on any atom is 0.131 e. The minimum absolute atomic E-state index is 0.599. The number of anilines is 1. The Morgan fingerprint density at radius 3 is 3.00 bits per heavy atom. The first-order chi connectivity index (χ1) is 8.22. The Morgan fingerprint density at radius 1 is 1.59 bits per heavy atom. The van der Waals surface area contributed by atoms with Gasteiger partial charge in [-0.3, -0.25) is 0 Å². The molecule has 1 aliphatic heterocycles. The standard InChI is InChI=1S/C13H20BrN3/c1-3-6-17(12-4-5-15-9-12)13-10(2)7-11(14)8-16-13/h7-8,12,15H,3-6,9H2,1-2H3. The summed E-state index contributed by atoms with van der Waals surface area (Å²) >= 11 is 3.47. The normalized spacial score (nSPS) is 19.6. The highest BCUT2D eigenvalue weighted by molar-refractivity contribution is 9.10. The fraction of sp³-hybridized carbons (Fsp3) is 0.615. The summed E-state index contributed by atoms with van der Waals surface area (Å²) in [6.07, 6.45) is 4.28. The van der Waals surface area contributed by atoms with Gasteiger partial charge in [0.15, 0.2) is 0 Å². The lowest BCUT2D eigenvalue weighted by atomic mass is 10.1. The minimum Gasteiger partial charge on any atom is -0.352 e. The number of hydrogen-bond acceptors (Lipinski definition) is 3. The van der Waals surface area contributed by atoms with Gasteiger partial charge in [0.1, 0.15) is 5.82 Å². The zero-order valence-corrected chi connectivity index (χ0v) is 12.1. The van der Waals surface area contributed by atoms with Crippen LogP contribution in [0.25, 0.3) is 0 Å². The molecule has 1 aromatic heterocycles. The van der Waals surface area contributed by atoms with E-state index in [2.05, 4.69) is 51.0 Å². The van der Waals surface area contributed by atoms with E-state index in [-0.39, 0.29) is 0 Å². The maximum absolute atomic E-state index is 4.59. The van der Waals surface area contributed by atoms with Crippen LogP contribution in [0, 0.1) is 6.92 Å². The number of nitrogens with one attached hydrogen (secondary N) is 1. The van der Waals surface area contributed by atoms with Crippen LogP contribution in [0.3, 0.4) is 0 Å². The number of rotatable bonds is 4. The van der Waals surface area contributed by atoms with E-state index in [9.17, 15) is 0 Å². The first-order valence-corrected chi connectivity index (χ1v) is 7.11. The molecule has 1 fully saturated rings. The van der Waals surface area contributed by atoms with Gasteiger partial charge in [-0.15, -0.1) is 0 Å². The summed E-state index contributed by atoms with van der Waals surface area (Å²) in [6.45, 7) is 7.65. The molecule has 0 aliphatic carbocycles. The first kappa shape index (κ1) is 12.8. The lowest BCUT2D eigenvalue weighted by molar-refractivity contribution is 0.616. The summed E-state index contributed by atoms with van der Waals surface area (Å²) < 4.78 is 1.06. The highest BCUT2D eigenvalue weighted by atomic mass is 79.9. The van der Waals surface area contributed by atoms with E-state index in [0.29, 0.717) is 6.04 Å². The summed E-state index contributed by atoms with van der Waals surface area (Å²) in [4.78, 5) is 7.05. The number of aromatic nitrogens is 1. The molecule has 0 bridgehead atoms. The van der Waals surface area contributed by atoms with Crippen molar-refractivity contribution in [3.05, 3.63) is 22.3 Å². The molecule has 3 nitrogen and oxygen atoms in total. The van der Waals surface area contributed by atoms with Crippen molar-refractivity contribution in [2.24, 2.45) is 0 Å². The first-order valence-electron chi connectivity index (χ1n) is 6.32. The van der Waals surface area contributed by atoms with Gasteiger partial charge >= 0.3 is 0 Å². The van der Waals surface area contributed by atoms with Crippen LogP contribution in [0.1, 0.15) is 25.3 Å². The van der Waals surface area contributed by atoms with Crippen molar-refractivity contribution in [1.29, 1.82) is 0 Å². The Labute approximate surface area is 112 Å². The third-order valence-electron chi connectivity index (χ3n) is 3.23. The Kier molecular flexibility index (Phi) is 4.40. The van der Waals surface area contributed by atoms with Crippen LogP contribution in [-0.2, 0) is 0 Å². The van der Waals surface area contributed by atoms with Crippen molar-refractivity contribution in [3.8, 4) is 0 Å². The second-order valence-corrected chi connectivity index (χ2v) is 5.55. The minimum atomic E-state index is 0.599. The number of nitrogens with zero attached hydrogens (tertiary/aromatic N) is 2. The van der Waals surface area contributed by atoms with Crippen molar-refractivity contribution in [1.82, 2.24) is 10.3 Å². The van der Waals surface area contributed by atoms with Gasteiger partial charge in [0.2, 0.25) is 0 Å². The molecule has 1 atom stereocenters. The molecule has 0 aromatic carbocycles. The van der Waals surface area contributed by atoms with Crippen molar-refractivity contribution in [2.75, 3.05) is 24.5 Å². The largest absolute Gasteiger partial charge is 0.352 e. The lowest BCUT2D eigenvalue weighted by Gasteiger charge is -2.30. The van der Waals surface area contributed by atoms with Gasteiger partial charge in [0.05, 0.1) is 0 Å². The zero-order chi connectivity index (χ0) is 12.3. The average Bonchev–Trinajstić information content (AvgIpc) is 2.80. The summed E-state index contributed by atoms with van der Waals surface area (Å²) in [5.41, 5.74) is 1.25. The smallest absolute Gasteiger partial charge is 0.131 e. The fourth-order valence-electron chi connectivity index (χ4n) is 2.44. The third-order valence-corrected chi connectivity index (χ3v) is 3.66. The molecule has 2 rings (SSSR count). The van der Waals surface area contributed by atoms with E-state index < -0.39 is 0 Å². The molecule has 17 heavy (non-hydrogen) atoms. The highest BCUT2D eigenvalue weighted by Crippen LogP contribution is 2.24. The van der Waals surface area contributed by atoms with Gasteiger partial charge in [-0.1, -0.05) is 6.92 Å². The molecule has 0 spiro atoms. The number of halogens is 1. The van der Waals surface area contributed by atoms with Gasteiger partial charge in [-0.25, -0.2) is 4.98 Å². The molecule has 1 aromatic rings. The van der Waals surface area contributed by atoms with Crippen molar-refractivity contribution >= 4 is 21.7 Å². The molecule has 0 amide bonds. The molecule has 1 unspecified atom stereocenters. The van der Waals surface area contributed by atoms with Crippen molar-refractivity contribution in [2.45, 2.75) is 32.7 Å². The van der Waals surface area contributed by atoms with Crippen molar-refractivity contribution < 1.29 is 0 Å². The van der Waals surface area contributed by atoms with Gasteiger partial charge in [-0.2, -0.15) is 0 Å². The Bertz CT molecular complexity index is 375. The molecule has 0 saturated carbocycles. The summed E-state index contributed by atoms with van der Waals surface area (Å²) in [5.74, 6) is 1.14. The second kappa shape index (κ2) is 5.83. The maximum atomic E-state index is 4.59. The Balaban J connectivity index is 2.24. The van der Waals surface area contributed by atoms with Crippen LogP contribution >= 0.6 is 15.9 Å². The fourth-order valence-corrected chi connectivity index (χ4v) is 2.89. The van der Waals surface area contributed by atoms with Gasteiger partial charge in [0.25, 0.3) is 0 Å². The predicted molar refractivity (Wildman–Crippen MR) is 75.6 cm³/mol. The van der Waals surface area contributed by atoms with E-state index in [1.807, 2.05) is 6.20 Å². The number of aryl methyl sites for hydroxylation is 1. The number of pyridine rings is 1. The molecular weight excluding hydrogens is 278 g/mol. The lowest BCUT2D eigenvalue weighted by Crippen LogP contribution is -2.38. The molecule has 1 saturated heterocycles. The van der Waals surface area contributed by atoms with E-state index in [4.69, 9.17) is 0 Å². The van der Waals surface area contributed by atoms with Crippen LogP contribution in [0.15, 0.2) is 16.7 Å². The second-order valence-electron chi connectivity index (χ2n) is 4.63. The van der Waals surface area contributed by atoms with E-state index in [1.54, 1.807) is 0 Å². The molecule has 0 radical (unpaired) electrons. The topological polar surface area (TPSA) is 28.2 Å². The zero-order valence-electron chi connectivity index (χ0n) is 10.5. The van der Waals surface area contributed by atoms with Crippen LogP contribution in [0.5, 0.6) is 0 Å². The van der Waals surface area contributed by atoms with Crippen LogP contribution in [0.2, 0.25) is 0 Å². The van der Waals surface area contributed by atoms with E-state index in [1.165, 1.54) is 12.0 Å². The molecule has 4 heteroatoms. The van der Waals surface area contributed by atoms with E-state index >= 15 is 0 Å². The van der Waals surface area contributed by atoms with Gasteiger partial charge < -0.3 is 10.2 Å². The molecular formula is C13H20BrN3. The number of hydrogen-bond donors (Lipinski definition) is 1. The predicted octanol–water partition coefficient (Wildman–Crippen LogP) is 2.73. The quantitative estimate of drug-likeness (QED) is 0.926. The molecule has 2 heterocycles. The van der Waals surface area contributed by atoms with Crippen molar-refractivity contribution in [3.63, 3.8) is 0 Å². The third kappa shape index (κ3) is 2.99. The molecule has 1 aliphatic rings.